The molecule has 1 aromatic carbocycles. The number of nitrogens with zero attached hydrogens (tertiary/aromatic N) is 2. The van der Waals surface area contributed by atoms with Crippen LogP contribution in [0.4, 0.5) is 5.69 Å². The number of aromatic nitrogens is 1. The Morgan fingerprint density at radius 1 is 1.24 bits per heavy atom. The molecule has 1 saturated heterocycles. The Hall–Kier alpha value is -1.65. The van der Waals surface area contributed by atoms with E-state index >= 15 is 0 Å². The molecule has 2 heterocycles. The number of nitrogens with one attached hydrogen (secondary N) is 1. The SMILES string of the molecule is Cc1cc(NCCCN2CCOCC2)c2ccccc2n1. The van der Waals surface area contributed by atoms with Crippen LogP contribution >= 0.6 is 0 Å². The van der Waals surface area contributed by atoms with Gasteiger partial charge >= 0.3 is 0 Å². The van der Waals surface area contributed by atoms with Crippen molar-refractivity contribution in [2.45, 2.75) is 13.3 Å². The second-order valence-electron chi connectivity index (χ2n) is 5.56. The molecule has 112 valence electrons. The molecular formula is C17H23N3O. The van der Waals surface area contributed by atoms with Crippen molar-refractivity contribution in [2.75, 3.05) is 44.7 Å². The molecule has 3 rings (SSSR count). The molecule has 0 atom stereocenters. The largest absolute Gasteiger partial charge is 0.384 e. The van der Waals surface area contributed by atoms with Crippen LogP contribution in [0.1, 0.15) is 12.1 Å². The normalized spacial score (nSPS) is 16.2. The van der Waals surface area contributed by atoms with E-state index in [0.29, 0.717) is 0 Å². The minimum atomic E-state index is 0.877. The molecule has 0 unspecified atom stereocenters. The average Bonchev–Trinajstić information content (AvgIpc) is 2.52. The molecule has 0 saturated carbocycles. The Kier molecular flexibility index (Phi) is 4.68. The van der Waals surface area contributed by atoms with Gasteiger partial charge in [0.05, 0.1) is 18.7 Å². The lowest BCUT2D eigenvalue weighted by atomic mass is 10.1. The minimum Gasteiger partial charge on any atom is -0.384 e. The first-order chi connectivity index (χ1) is 10.3. The van der Waals surface area contributed by atoms with Crippen LogP contribution in [0.5, 0.6) is 0 Å². The summed E-state index contributed by atoms with van der Waals surface area (Å²) in [5.74, 6) is 0. The number of morpholine rings is 1. The first-order valence-electron chi connectivity index (χ1n) is 7.73. The van der Waals surface area contributed by atoms with E-state index in [9.17, 15) is 0 Å². The third kappa shape index (κ3) is 3.71. The highest BCUT2D eigenvalue weighted by atomic mass is 16.5. The Morgan fingerprint density at radius 2 is 2.05 bits per heavy atom. The molecule has 0 bridgehead atoms. The van der Waals surface area contributed by atoms with E-state index in [1.807, 2.05) is 13.0 Å². The summed E-state index contributed by atoms with van der Waals surface area (Å²) in [6.07, 6.45) is 1.15. The smallest absolute Gasteiger partial charge is 0.0725 e. The third-order valence-corrected chi connectivity index (χ3v) is 3.91. The zero-order chi connectivity index (χ0) is 14.5. The quantitative estimate of drug-likeness (QED) is 0.857. The molecule has 1 aliphatic rings. The van der Waals surface area contributed by atoms with Crippen molar-refractivity contribution in [3.8, 4) is 0 Å². The molecule has 21 heavy (non-hydrogen) atoms. The van der Waals surface area contributed by atoms with Gasteiger partial charge in [-0.2, -0.15) is 0 Å². The summed E-state index contributed by atoms with van der Waals surface area (Å²) in [6, 6.07) is 10.4. The predicted molar refractivity (Wildman–Crippen MR) is 86.8 cm³/mol. The number of pyridine rings is 1. The molecule has 0 spiro atoms. The fourth-order valence-electron chi connectivity index (χ4n) is 2.80. The zero-order valence-corrected chi connectivity index (χ0v) is 12.6. The fraction of sp³-hybridized carbons (Fsp3) is 0.471. The van der Waals surface area contributed by atoms with Gasteiger partial charge < -0.3 is 10.1 Å². The summed E-state index contributed by atoms with van der Waals surface area (Å²) in [5, 5.41) is 4.77. The summed E-state index contributed by atoms with van der Waals surface area (Å²) in [5.41, 5.74) is 3.32. The molecule has 1 aromatic heterocycles. The molecule has 4 heteroatoms. The maximum Gasteiger partial charge on any atom is 0.0725 e. The van der Waals surface area contributed by atoms with Crippen molar-refractivity contribution in [1.82, 2.24) is 9.88 Å². The number of para-hydroxylation sites is 1. The van der Waals surface area contributed by atoms with Crippen LogP contribution in [0.3, 0.4) is 0 Å². The van der Waals surface area contributed by atoms with Crippen molar-refractivity contribution >= 4 is 16.6 Å². The van der Waals surface area contributed by atoms with Crippen LogP contribution < -0.4 is 5.32 Å². The van der Waals surface area contributed by atoms with Crippen molar-refractivity contribution in [1.29, 1.82) is 0 Å². The lowest BCUT2D eigenvalue weighted by molar-refractivity contribution is 0.0378. The number of hydrogen-bond donors (Lipinski definition) is 1. The third-order valence-electron chi connectivity index (χ3n) is 3.91. The summed E-state index contributed by atoms with van der Waals surface area (Å²) >= 11 is 0. The standard InChI is InChI=1S/C17H23N3O/c1-14-13-17(15-5-2-3-6-16(15)19-14)18-7-4-8-20-9-11-21-12-10-20/h2-3,5-6,13H,4,7-12H2,1H3,(H,18,19). The molecule has 0 aliphatic carbocycles. The Balaban J connectivity index is 1.57. The van der Waals surface area contributed by atoms with E-state index in [4.69, 9.17) is 4.74 Å². The highest BCUT2D eigenvalue weighted by Crippen LogP contribution is 2.22. The van der Waals surface area contributed by atoms with E-state index in [1.165, 1.54) is 11.1 Å². The second-order valence-corrected chi connectivity index (χ2v) is 5.56. The number of ether oxygens (including phenoxy) is 1. The topological polar surface area (TPSA) is 37.4 Å². The molecular weight excluding hydrogens is 262 g/mol. The zero-order valence-electron chi connectivity index (χ0n) is 12.6. The van der Waals surface area contributed by atoms with Crippen LogP contribution in [0.25, 0.3) is 10.9 Å². The first-order valence-corrected chi connectivity index (χ1v) is 7.73. The molecule has 4 nitrogen and oxygen atoms in total. The van der Waals surface area contributed by atoms with E-state index in [0.717, 1.165) is 57.0 Å². The van der Waals surface area contributed by atoms with Crippen LogP contribution in [0.2, 0.25) is 0 Å². The molecule has 1 N–H and O–H groups in total. The average molecular weight is 285 g/mol. The van der Waals surface area contributed by atoms with Crippen molar-refractivity contribution in [3.63, 3.8) is 0 Å². The van der Waals surface area contributed by atoms with Gasteiger partial charge in [0.1, 0.15) is 0 Å². The highest BCUT2D eigenvalue weighted by Gasteiger charge is 2.09. The molecule has 1 aliphatic heterocycles. The van der Waals surface area contributed by atoms with Gasteiger partial charge in [0.25, 0.3) is 0 Å². The summed E-state index contributed by atoms with van der Waals surface area (Å²) in [7, 11) is 0. The maximum absolute atomic E-state index is 5.37. The van der Waals surface area contributed by atoms with E-state index in [2.05, 4.69) is 39.5 Å². The van der Waals surface area contributed by atoms with Crippen LogP contribution in [0.15, 0.2) is 30.3 Å². The molecule has 1 fully saturated rings. The Bertz CT molecular complexity index is 594. The number of rotatable bonds is 5. The number of hydrogen-bond acceptors (Lipinski definition) is 4. The fourth-order valence-corrected chi connectivity index (χ4v) is 2.80. The monoisotopic (exact) mass is 285 g/mol. The molecule has 0 radical (unpaired) electrons. The second kappa shape index (κ2) is 6.87. The van der Waals surface area contributed by atoms with Crippen LogP contribution in [-0.2, 0) is 4.74 Å². The van der Waals surface area contributed by atoms with Gasteiger partial charge in [0, 0.05) is 36.4 Å². The van der Waals surface area contributed by atoms with Crippen LogP contribution in [0, 0.1) is 6.92 Å². The Morgan fingerprint density at radius 3 is 2.90 bits per heavy atom. The minimum absolute atomic E-state index is 0.877. The van der Waals surface area contributed by atoms with Gasteiger partial charge in [-0.1, -0.05) is 18.2 Å². The van der Waals surface area contributed by atoms with Crippen molar-refractivity contribution in [3.05, 3.63) is 36.0 Å². The predicted octanol–water partition coefficient (Wildman–Crippen LogP) is 2.68. The van der Waals surface area contributed by atoms with E-state index < -0.39 is 0 Å². The molecule has 2 aromatic rings. The van der Waals surface area contributed by atoms with Gasteiger partial charge in [0.15, 0.2) is 0 Å². The number of aryl methyl sites for hydroxylation is 1. The van der Waals surface area contributed by atoms with Gasteiger partial charge in [0.2, 0.25) is 0 Å². The number of fused-ring (bicyclic) bond motifs is 1. The van der Waals surface area contributed by atoms with Gasteiger partial charge in [-0.15, -0.1) is 0 Å². The van der Waals surface area contributed by atoms with Crippen molar-refractivity contribution < 1.29 is 4.74 Å². The van der Waals surface area contributed by atoms with Gasteiger partial charge in [-0.25, -0.2) is 0 Å². The van der Waals surface area contributed by atoms with Crippen molar-refractivity contribution in [2.24, 2.45) is 0 Å². The number of anilines is 1. The summed E-state index contributed by atoms with van der Waals surface area (Å²) in [4.78, 5) is 7.05. The maximum atomic E-state index is 5.37. The number of benzene rings is 1. The van der Waals surface area contributed by atoms with E-state index in [-0.39, 0.29) is 0 Å². The van der Waals surface area contributed by atoms with Gasteiger partial charge in [-0.05, 0) is 32.0 Å². The highest BCUT2D eigenvalue weighted by molar-refractivity contribution is 5.91. The van der Waals surface area contributed by atoms with Gasteiger partial charge in [-0.3, -0.25) is 9.88 Å². The summed E-state index contributed by atoms with van der Waals surface area (Å²) in [6.45, 7) is 8.06. The Labute approximate surface area is 126 Å². The first kappa shape index (κ1) is 14.3. The van der Waals surface area contributed by atoms with E-state index in [1.54, 1.807) is 0 Å². The summed E-state index contributed by atoms with van der Waals surface area (Å²) < 4.78 is 5.37. The lowest BCUT2D eigenvalue weighted by Crippen LogP contribution is -2.37. The molecule has 0 amide bonds. The lowest BCUT2D eigenvalue weighted by Gasteiger charge is -2.26. The van der Waals surface area contributed by atoms with Crippen LogP contribution in [-0.4, -0.2) is 49.3 Å².